The smallest absolute Gasteiger partial charge is 0.0502 e. The van der Waals surface area contributed by atoms with Crippen LogP contribution in [0.15, 0.2) is 48.5 Å². The number of nitrogens with two attached hydrogens (primary N) is 1. The Morgan fingerprint density at radius 3 is 2.41 bits per heavy atom. The van der Waals surface area contributed by atoms with Gasteiger partial charge in [-0.15, -0.1) is 0 Å². The van der Waals surface area contributed by atoms with Gasteiger partial charge in [0.2, 0.25) is 0 Å². The first-order valence-corrected chi connectivity index (χ1v) is 5.73. The number of methoxy groups -OCH3 is 1. The lowest BCUT2D eigenvalue weighted by Gasteiger charge is -2.05. The fourth-order valence-electron chi connectivity index (χ4n) is 1.80. The number of benzene rings is 2. The molecule has 0 atom stereocenters. The van der Waals surface area contributed by atoms with Gasteiger partial charge < -0.3 is 10.5 Å². The Labute approximate surface area is 102 Å². The molecule has 17 heavy (non-hydrogen) atoms. The SMILES string of the molecule is COCCc1ccc(-c2cccc(N)c2)cc1. The minimum absolute atomic E-state index is 0.762. The molecule has 2 rings (SSSR count). The summed E-state index contributed by atoms with van der Waals surface area (Å²) >= 11 is 0. The molecule has 2 heteroatoms. The lowest BCUT2D eigenvalue weighted by molar-refractivity contribution is 0.202. The lowest BCUT2D eigenvalue weighted by Crippen LogP contribution is -1.94. The standard InChI is InChI=1S/C15H17NO/c1-17-10-9-12-5-7-13(8-6-12)14-3-2-4-15(16)11-14/h2-8,11H,9-10,16H2,1H3. The highest BCUT2D eigenvalue weighted by atomic mass is 16.5. The summed E-state index contributed by atoms with van der Waals surface area (Å²) in [6, 6.07) is 16.5. The van der Waals surface area contributed by atoms with E-state index in [1.54, 1.807) is 7.11 Å². The lowest BCUT2D eigenvalue weighted by atomic mass is 10.0. The Bertz CT molecular complexity index is 477. The second-order valence-electron chi connectivity index (χ2n) is 4.07. The average molecular weight is 227 g/mol. The molecule has 0 heterocycles. The van der Waals surface area contributed by atoms with Crippen molar-refractivity contribution in [2.45, 2.75) is 6.42 Å². The first kappa shape index (κ1) is 11.7. The number of rotatable bonds is 4. The minimum Gasteiger partial charge on any atom is -0.399 e. The first-order chi connectivity index (χ1) is 8.29. The zero-order valence-corrected chi connectivity index (χ0v) is 10.0. The van der Waals surface area contributed by atoms with Crippen molar-refractivity contribution in [1.82, 2.24) is 0 Å². The number of nitrogen functional groups attached to an aromatic ring is 1. The van der Waals surface area contributed by atoms with Crippen molar-refractivity contribution in [2.24, 2.45) is 0 Å². The van der Waals surface area contributed by atoms with Gasteiger partial charge in [0.1, 0.15) is 0 Å². The Morgan fingerprint density at radius 1 is 1.00 bits per heavy atom. The molecule has 0 aromatic heterocycles. The van der Waals surface area contributed by atoms with Gasteiger partial charge in [0.05, 0.1) is 6.61 Å². The summed E-state index contributed by atoms with van der Waals surface area (Å²) in [6.07, 6.45) is 0.952. The van der Waals surface area contributed by atoms with Crippen LogP contribution in [-0.4, -0.2) is 13.7 Å². The molecule has 0 saturated heterocycles. The van der Waals surface area contributed by atoms with Crippen LogP contribution in [-0.2, 0) is 11.2 Å². The Kier molecular flexibility index (Phi) is 3.78. The van der Waals surface area contributed by atoms with Crippen LogP contribution < -0.4 is 5.73 Å². The van der Waals surface area contributed by atoms with Gasteiger partial charge in [0.15, 0.2) is 0 Å². The van der Waals surface area contributed by atoms with Gasteiger partial charge in [-0.3, -0.25) is 0 Å². The van der Waals surface area contributed by atoms with Crippen LogP contribution in [0.25, 0.3) is 11.1 Å². The highest BCUT2D eigenvalue weighted by molar-refractivity contribution is 5.67. The van der Waals surface area contributed by atoms with Crippen molar-refractivity contribution < 1.29 is 4.74 Å². The van der Waals surface area contributed by atoms with E-state index in [9.17, 15) is 0 Å². The molecule has 2 aromatic carbocycles. The largest absolute Gasteiger partial charge is 0.399 e. The van der Waals surface area contributed by atoms with E-state index in [0.717, 1.165) is 24.3 Å². The molecule has 2 aromatic rings. The summed E-state index contributed by atoms with van der Waals surface area (Å²) in [5.74, 6) is 0. The van der Waals surface area contributed by atoms with Crippen molar-refractivity contribution in [2.75, 3.05) is 19.5 Å². The van der Waals surface area contributed by atoms with Gasteiger partial charge in [-0.05, 0) is 35.2 Å². The highest BCUT2D eigenvalue weighted by Crippen LogP contribution is 2.21. The summed E-state index contributed by atoms with van der Waals surface area (Å²) in [5, 5.41) is 0. The summed E-state index contributed by atoms with van der Waals surface area (Å²) in [4.78, 5) is 0. The van der Waals surface area contributed by atoms with Crippen molar-refractivity contribution in [1.29, 1.82) is 0 Å². The van der Waals surface area contributed by atoms with Gasteiger partial charge in [0, 0.05) is 12.8 Å². The predicted octanol–water partition coefficient (Wildman–Crippen LogP) is 3.12. The summed E-state index contributed by atoms with van der Waals surface area (Å²) in [7, 11) is 1.72. The molecule has 0 spiro atoms. The molecule has 2 N–H and O–H groups in total. The quantitative estimate of drug-likeness (QED) is 0.814. The molecular formula is C15H17NO. The topological polar surface area (TPSA) is 35.2 Å². The number of hydrogen-bond acceptors (Lipinski definition) is 2. The molecule has 0 bridgehead atoms. The maximum Gasteiger partial charge on any atom is 0.0502 e. The maximum absolute atomic E-state index is 5.78. The second-order valence-corrected chi connectivity index (χ2v) is 4.07. The summed E-state index contributed by atoms with van der Waals surface area (Å²) in [6.45, 7) is 0.762. The van der Waals surface area contributed by atoms with Crippen LogP contribution in [0.5, 0.6) is 0 Å². The van der Waals surface area contributed by atoms with E-state index >= 15 is 0 Å². The maximum atomic E-state index is 5.78. The van der Waals surface area contributed by atoms with Crippen LogP contribution in [0.2, 0.25) is 0 Å². The predicted molar refractivity (Wildman–Crippen MR) is 71.9 cm³/mol. The van der Waals surface area contributed by atoms with Crippen molar-refractivity contribution in [3.63, 3.8) is 0 Å². The first-order valence-electron chi connectivity index (χ1n) is 5.73. The number of ether oxygens (including phenoxy) is 1. The van der Waals surface area contributed by atoms with Crippen LogP contribution in [0, 0.1) is 0 Å². The van der Waals surface area contributed by atoms with Gasteiger partial charge in [0.25, 0.3) is 0 Å². The number of hydrogen-bond donors (Lipinski definition) is 1. The zero-order valence-electron chi connectivity index (χ0n) is 10.0. The van der Waals surface area contributed by atoms with Crippen LogP contribution in [0.3, 0.4) is 0 Å². The van der Waals surface area contributed by atoms with Gasteiger partial charge in [-0.25, -0.2) is 0 Å². The second kappa shape index (κ2) is 5.51. The van der Waals surface area contributed by atoms with E-state index in [0.29, 0.717) is 0 Å². The van der Waals surface area contributed by atoms with Crippen LogP contribution in [0.4, 0.5) is 5.69 Å². The molecule has 2 nitrogen and oxygen atoms in total. The zero-order chi connectivity index (χ0) is 12.1. The number of anilines is 1. The van der Waals surface area contributed by atoms with E-state index in [1.807, 2.05) is 18.2 Å². The molecule has 0 radical (unpaired) electrons. The van der Waals surface area contributed by atoms with Crippen LogP contribution >= 0.6 is 0 Å². The third-order valence-corrected chi connectivity index (χ3v) is 2.77. The Hall–Kier alpha value is -1.80. The van der Waals surface area contributed by atoms with E-state index in [-0.39, 0.29) is 0 Å². The Balaban J connectivity index is 2.17. The molecule has 0 saturated carbocycles. The van der Waals surface area contributed by atoms with Crippen molar-refractivity contribution in [3.8, 4) is 11.1 Å². The van der Waals surface area contributed by atoms with Gasteiger partial charge in [-0.2, -0.15) is 0 Å². The third kappa shape index (κ3) is 3.08. The van der Waals surface area contributed by atoms with E-state index in [2.05, 4.69) is 30.3 Å². The molecule has 88 valence electrons. The van der Waals surface area contributed by atoms with Gasteiger partial charge >= 0.3 is 0 Å². The molecule has 0 aliphatic rings. The van der Waals surface area contributed by atoms with E-state index in [1.165, 1.54) is 11.1 Å². The molecule has 0 aliphatic heterocycles. The van der Waals surface area contributed by atoms with E-state index < -0.39 is 0 Å². The van der Waals surface area contributed by atoms with Crippen LogP contribution in [0.1, 0.15) is 5.56 Å². The summed E-state index contributed by atoms with van der Waals surface area (Å²) < 4.78 is 5.06. The molecule has 0 fully saturated rings. The normalized spacial score (nSPS) is 10.4. The highest BCUT2D eigenvalue weighted by Gasteiger charge is 1.98. The molecule has 0 aliphatic carbocycles. The van der Waals surface area contributed by atoms with Crippen molar-refractivity contribution in [3.05, 3.63) is 54.1 Å². The summed E-state index contributed by atoms with van der Waals surface area (Å²) in [5.41, 5.74) is 10.2. The monoisotopic (exact) mass is 227 g/mol. The minimum atomic E-state index is 0.762. The average Bonchev–Trinajstić information content (AvgIpc) is 2.37. The van der Waals surface area contributed by atoms with E-state index in [4.69, 9.17) is 10.5 Å². The molecule has 0 amide bonds. The van der Waals surface area contributed by atoms with Crippen molar-refractivity contribution >= 4 is 5.69 Å². The Morgan fingerprint density at radius 2 is 1.76 bits per heavy atom. The fraction of sp³-hybridized carbons (Fsp3) is 0.200. The molecular weight excluding hydrogens is 210 g/mol. The van der Waals surface area contributed by atoms with Gasteiger partial charge in [-0.1, -0.05) is 36.4 Å². The fourth-order valence-corrected chi connectivity index (χ4v) is 1.80. The third-order valence-electron chi connectivity index (χ3n) is 2.77. The molecule has 0 unspecified atom stereocenters.